The van der Waals surface area contributed by atoms with Crippen LogP contribution in [0, 0.1) is 0 Å². The summed E-state index contributed by atoms with van der Waals surface area (Å²) in [5.41, 5.74) is 0. The van der Waals surface area contributed by atoms with E-state index in [1.807, 2.05) is 0 Å². The molecule has 2 nitrogen and oxygen atoms in total. The van der Waals surface area contributed by atoms with Gasteiger partial charge in [-0.2, -0.15) is 0 Å². The van der Waals surface area contributed by atoms with Crippen molar-refractivity contribution in [1.29, 1.82) is 0 Å². The van der Waals surface area contributed by atoms with Crippen LogP contribution in [0.5, 0.6) is 0 Å². The molecule has 112 valence electrons. The van der Waals surface area contributed by atoms with Gasteiger partial charge >= 0.3 is 125 Å². The Balaban J connectivity index is 4.62. The summed E-state index contributed by atoms with van der Waals surface area (Å²) < 4.78 is 14.7. The normalized spacial score (nSPS) is 12.8. The molecule has 0 saturated heterocycles. The third kappa shape index (κ3) is 9.69. The fourth-order valence-corrected chi connectivity index (χ4v) is 10.2. The second kappa shape index (κ2) is 13.2. The maximum absolute atomic E-state index is 6.31. The summed E-state index contributed by atoms with van der Waals surface area (Å²) in [4.78, 5) is 0. The van der Waals surface area contributed by atoms with Crippen molar-refractivity contribution >= 4 is 19.2 Å². The van der Waals surface area contributed by atoms with Crippen molar-refractivity contribution in [3.63, 3.8) is 0 Å². The van der Waals surface area contributed by atoms with Crippen molar-refractivity contribution in [3.05, 3.63) is 24.3 Å². The number of unbranched alkanes of at least 4 members (excludes halogenated alkanes) is 2. The molecular formula is C16H32O2Sn. The average molecular weight is 375 g/mol. The van der Waals surface area contributed by atoms with Crippen LogP contribution in [-0.4, -0.2) is 32.4 Å². The Hall–Kier alpha value is 0.199. The van der Waals surface area contributed by atoms with Crippen molar-refractivity contribution in [2.24, 2.45) is 0 Å². The molecule has 0 aliphatic carbocycles. The van der Waals surface area contributed by atoms with E-state index in [0.717, 1.165) is 34.9 Å². The first-order chi connectivity index (χ1) is 9.24. The fraction of sp³-hybridized carbons (Fsp3) is 0.750. The van der Waals surface area contributed by atoms with Crippen LogP contribution < -0.4 is 0 Å². The second-order valence-corrected chi connectivity index (χ2v) is 14.0. The Bertz CT molecular complexity index is 223. The Morgan fingerprint density at radius 3 is 1.53 bits per heavy atom. The molecule has 0 N–H and O–H groups in total. The van der Waals surface area contributed by atoms with Gasteiger partial charge in [-0.3, -0.25) is 0 Å². The van der Waals surface area contributed by atoms with Gasteiger partial charge in [-0.1, -0.05) is 0 Å². The number of hydrogen-bond acceptors (Lipinski definition) is 2. The van der Waals surface area contributed by atoms with Crippen LogP contribution in [0.3, 0.4) is 0 Å². The van der Waals surface area contributed by atoms with Crippen molar-refractivity contribution in [1.82, 2.24) is 0 Å². The molecule has 0 atom stereocenters. The van der Waals surface area contributed by atoms with Gasteiger partial charge in [0.15, 0.2) is 0 Å². The Morgan fingerprint density at radius 1 is 0.789 bits per heavy atom. The molecule has 3 heteroatoms. The van der Waals surface area contributed by atoms with Gasteiger partial charge in [0.05, 0.1) is 0 Å². The summed E-state index contributed by atoms with van der Waals surface area (Å²) >= 11 is -2.91. The zero-order chi connectivity index (χ0) is 14.4. The van der Waals surface area contributed by atoms with E-state index in [1.54, 1.807) is 0 Å². The van der Waals surface area contributed by atoms with Crippen molar-refractivity contribution in [2.75, 3.05) is 13.2 Å². The molecule has 0 aliphatic rings. The minimum absolute atomic E-state index is 0.869. The first-order valence-electron chi connectivity index (χ1n) is 7.74. The SMILES string of the molecule is CC=C[CH2][Sn]([CH2]C=CC)([O]CCCC)[O]CCCC. The Morgan fingerprint density at radius 2 is 1.21 bits per heavy atom. The number of allylic oxidation sites excluding steroid dienone is 4. The molecule has 0 rings (SSSR count). The Labute approximate surface area is 125 Å². The molecule has 0 aliphatic heterocycles. The van der Waals surface area contributed by atoms with Crippen molar-refractivity contribution in [2.45, 2.75) is 62.3 Å². The third-order valence-electron chi connectivity index (χ3n) is 3.06. The van der Waals surface area contributed by atoms with Crippen LogP contribution in [-0.2, 0) is 6.15 Å². The molecule has 0 bridgehead atoms. The van der Waals surface area contributed by atoms with Crippen LogP contribution >= 0.6 is 0 Å². The second-order valence-electron chi connectivity index (χ2n) is 4.86. The van der Waals surface area contributed by atoms with Gasteiger partial charge < -0.3 is 0 Å². The van der Waals surface area contributed by atoms with Gasteiger partial charge in [0.2, 0.25) is 0 Å². The van der Waals surface area contributed by atoms with E-state index in [4.69, 9.17) is 6.15 Å². The molecule has 0 spiro atoms. The maximum atomic E-state index is 6.31. The molecule has 0 saturated carbocycles. The molecular weight excluding hydrogens is 343 g/mol. The van der Waals surface area contributed by atoms with Gasteiger partial charge in [-0.05, 0) is 0 Å². The van der Waals surface area contributed by atoms with E-state index >= 15 is 0 Å². The van der Waals surface area contributed by atoms with Crippen LogP contribution in [0.15, 0.2) is 24.3 Å². The van der Waals surface area contributed by atoms with E-state index in [9.17, 15) is 0 Å². The molecule has 0 heterocycles. The van der Waals surface area contributed by atoms with Crippen LogP contribution in [0.2, 0.25) is 8.87 Å². The van der Waals surface area contributed by atoms with Gasteiger partial charge in [-0.15, -0.1) is 0 Å². The van der Waals surface area contributed by atoms with Crippen molar-refractivity contribution < 1.29 is 6.15 Å². The van der Waals surface area contributed by atoms with Crippen LogP contribution in [0.1, 0.15) is 53.4 Å². The Kier molecular flexibility index (Phi) is 13.3. The topological polar surface area (TPSA) is 18.5 Å². The van der Waals surface area contributed by atoms with Gasteiger partial charge in [0.25, 0.3) is 0 Å². The monoisotopic (exact) mass is 376 g/mol. The molecule has 0 unspecified atom stereocenters. The first kappa shape index (κ1) is 19.2. The van der Waals surface area contributed by atoms with E-state index < -0.39 is 19.2 Å². The summed E-state index contributed by atoms with van der Waals surface area (Å²) in [5, 5.41) is 0. The number of rotatable bonds is 12. The van der Waals surface area contributed by atoms with E-state index in [-0.39, 0.29) is 0 Å². The summed E-state index contributed by atoms with van der Waals surface area (Å²) in [7, 11) is 0. The van der Waals surface area contributed by atoms with Crippen LogP contribution in [0.4, 0.5) is 0 Å². The molecule has 0 aromatic heterocycles. The van der Waals surface area contributed by atoms with E-state index in [1.165, 1.54) is 12.8 Å². The molecule has 0 aromatic carbocycles. The quantitative estimate of drug-likeness (QED) is 0.265. The van der Waals surface area contributed by atoms with Gasteiger partial charge in [-0.25, -0.2) is 0 Å². The summed E-state index contributed by atoms with van der Waals surface area (Å²) in [6, 6.07) is 0. The molecule has 0 amide bonds. The molecule has 0 radical (unpaired) electrons. The third-order valence-corrected chi connectivity index (χ3v) is 12.1. The van der Waals surface area contributed by atoms with E-state index in [0.29, 0.717) is 0 Å². The average Bonchev–Trinajstić information content (AvgIpc) is 2.43. The van der Waals surface area contributed by atoms with Gasteiger partial charge in [0, 0.05) is 0 Å². The number of hydrogen-bond donors (Lipinski definition) is 0. The molecule has 0 fully saturated rings. The predicted octanol–water partition coefficient (Wildman–Crippen LogP) is 5.21. The molecule has 0 aromatic rings. The zero-order valence-electron chi connectivity index (χ0n) is 13.3. The van der Waals surface area contributed by atoms with E-state index in [2.05, 4.69) is 52.0 Å². The van der Waals surface area contributed by atoms with Gasteiger partial charge in [0.1, 0.15) is 0 Å². The minimum atomic E-state index is -2.91. The van der Waals surface area contributed by atoms with Crippen molar-refractivity contribution in [3.8, 4) is 0 Å². The predicted molar refractivity (Wildman–Crippen MR) is 86.7 cm³/mol. The van der Waals surface area contributed by atoms with Crippen LogP contribution in [0.25, 0.3) is 0 Å². The molecule has 19 heavy (non-hydrogen) atoms. The summed E-state index contributed by atoms with van der Waals surface area (Å²) in [6.45, 7) is 10.3. The first-order valence-corrected chi connectivity index (χ1v) is 14.1. The fourth-order valence-electron chi connectivity index (χ4n) is 1.76. The summed E-state index contributed by atoms with van der Waals surface area (Å²) in [6.07, 6.45) is 13.4. The standard InChI is InChI=1S/2C4H9O.2C4H7.Sn/c2*1-2-3-4-5;2*1-3-4-2;/h2*2-4H2,1H3;2*3-4H,1H2,2H3;/q2*-1;;;+2. The summed E-state index contributed by atoms with van der Waals surface area (Å²) in [5.74, 6) is 0. The zero-order valence-corrected chi connectivity index (χ0v) is 16.1.